The van der Waals surface area contributed by atoms with Crippen LogP contribution in [0.5, 0.6) is 0 Å². The van der Waals surface area contributed by atoms with Gasteiger partial charge in [-0.15, -0.1) is 11.3 Å². The van der Waals surface area contributed by atoms with Gasteiger partial charge < -0.3 is 11.1 Å². The van der Waals surface area contributed by atoms with Crippen LogP contribution in [-0.2, 0) is 16.0 Å². The Labute approximate surface area is 129 Å². The Morgan fingerprint density at radius 3 is 2.86 bits per heavy atom. The summed E-state index contributed by atoms with van der Waals surface area (Å²) >= 11 is 1.60. The number of amides is 2. The molecule has 0 saturated heterocycles. The number of nitrogens with one attached hydrogen (secondary N) is 1. The second-order valence-electron chi connectivity index (χ2n) is 6.04. The summed E-state index contributed by atoms with van der Waals surface area (Å²) in [6.45, 7) is 4.18. The van der Waals surface area contributed by atoms with E-state index < -0.39 is 0 Å². The number of rotatable bonds is 5. The Kier molecular flexibility index (Phi) is 5.33. The minimum atomic E-state index is -0.255. The Balaban J connectivity index is 1.84. The van der Waals surface area contributed by atoms with Crippen molar-refractivity contribution in [3.05, 3.63) is 16.1 Å². The molecule has 0 bridgehead atoms. The van der Waals surface area contributed by atoms with E-state index in [9.17, 15) is 9.59 Å². The third-order valence-electron chi connectivity index (χ3n) is 3.85. The maximum atomic E-state index is 12.1. The molecule has 2 amide bonds. The second kappa shape index (κ2) is 7.02. The molecule has 2 rings (SSSR count). The maximum Gasteiger partial charge on any atom is 0.226 e. The molecule has 1 saturated carbocycles. The lowest BCUT2D eigenvalue weighted by atomic mass is 9.85. The quantitative estimate of drug-likeness (QED) is 0.872. The van der Waals surface area contributed by atoms with E-state index in [1.807, 2.05) is 5.38 Å². The van der Waals surface area contributed by atoms with Crippen molar-refractivity contribution in [2.75, 3.05) is 0 Å². The fourth-order valence-corrected chi connectivity index (χ4v) is 3.53. The molecule has 1 aliphatic rings. The van der Waals surface area contributed by atoms with E-state index >= 15 is 0 Å². The molecule has 21 heavy (non-hydrogen) atoms. The molecule has 0 unspecified atom stereocenters. The summed E-state index contributed by atoms with van der Waals surface area (Å²) in [6, 6.07) is 0.0620. The number of carbonyl (C=O) groups is 2. The summed E-state index contributed by atoms with van der Waals surface area (Å²) in [6.07, 6.45) is 3.67. The molecule has 2 atom stereocenters. The van der Waals surface area contributed by atoms with E-state index in [0.29, 0.717) is 18.8 Å². The molecule has 1 aromatic heterocycles. The van der Waals surface area contributed by atoms with E-state index in [4.69, 9.17) is 5.73 Å². The number of aromatic nitrogens is 1. The molecule has 1 aliphatic carbocycles. The molecule has 1 fully saturated rings. The van der Waals surface area contributed by atoms with Gasteiger partial charge in [0.2, 0.25) is 11.8 Å². The van der Waals surface area contributed by atoms with Crippen molar-refractivity contribution in [3.8, 4) is 0 Å². The Morgan fingerprint density at radius 2 is 2.24 bits per heavy atom. The van der Waals surface area contributed by atoms with Gasteiger partial charge in [-0.3, -0.25) is 9.59 Å². The van der Waals surface area contributed by atoms with Crippen molar-refractivity contribution in [2.45, 2.75) is 57.9 Å². The molecule has 1 heterocycles. The van der Waals surface area contributed by atoms with Crippen LogP contribution in [0, 0.1) is 5.92 Å². The predicted molar refractivity (Wildman–Crippen MR) is 83.0 cm³/mol. The zero-order chi connectivity index (χ0) is 15.4. The number of thiazole rings is 1. The fraction of sp³-hybridized carbons (Fsp3) is 0.667. The summed E-state index contributed by atoms with van der Waals surface area (Å²) in [5.74, 6) is 0.0121. The highest BCUT2D eigenvalue weighted by molar-refractivity contribution is 7.09. The molecule has 1 aromatic rings. The first-order valence-corrected chi connectivity index (χ1v) is 8.36. The standard InChI is InChI=1S/C15H23N3O2S/c1-9(2)15-18-12(8-21-15)7-13(19)17-11-5-3-4-10(6-11)14(16)20/h8-11H,3-7H2,1-2H3,(H2,16,20)(H,17,19)/t10-,11+/m1/s1. The van der Waals surface area contributed by atoms with Crippen molar-refractivity contribution < 1.29 is 9.59 Å². The highest BCUT2D eigenvalue weighted by atomic mass is 32.1. The maximum absolute atomic E-state index is 12.1. The monoisotopic (exact) mass is 309 g/mol. The van der Waals surface area contributed by atoms with Crippen LogP contribution >= 0.6 is 11.3 Å². The summed E-state index contributed by atoms with van der Waals surface area (Å²) in [7, 11) is 0. The third kappa shape index (κ3) is 4.52. The molecule has 0 aliphatic heterocycles. The molecule has 6 heteroatoms. The van der Waals surface area contributed by atoms with Crippen molar-refractivity contribution >= 4 is 23.2 Å². The zero-order valence-electron chi connectivity index (χ0n) is 12.6. The first-order chi connectivity index (χ1) is 9.95. The smallest absolute Gasteiger partial charge is 0.226 e. The SMILES string of the molecule is CC(C)c1nc(CC(=O)N[C@H]2CCC[C@@H](C(N)=O)C2)cs1. The molecule has 0 spiro atoms. The Bertz CT molecular complexity index is 513. The van der Waals surface area contributed by atoms with Gasteiger partial charge in [0, 0.05) is 23.3 Å². The summed E-state index contributed by atoms with van der Waals surface area (Å²) < 4.78 is 0. The summed E-state index contributed by atoms with van der Waals surface area (Å²) in [5.41, 5.74) is 6.18. The van der Waals surface area contributed by atoms with Gasteiger partial charge in [0.1, 0.15) is 0 Å². The van der Waals surface area contributed by atoms with Crippen LogP contribution < -0.4 is 11.1 Å². The van der Waals surface area contributed by atoms with Gasteiger partial charge in [-0.05, 0) is 19.3 Å². The topological polar surface area (TPSA) is 85.1 Å². The molecule has 3 N–H and O–H groups in total. The minimum absolute atomic E-state index is 0.0225. The number of nitrogens with zero attached hydrogens (tertiary/aromatic N) is 1. The van der Waals surface area contributed by atoms with Gasteiger partial charge in [-0.25, -0.2) is 4.98 Å². The second-order valence-corrected chi connectivity index (χ2v) is 6.93. The first-order valence-electron chi connectivity index (χ1n) is 7.48. The van der Waals surface area contributed by atoms with Crippen molar-refractivity contribution in [2.24, 2.45) is 11.7 Å². The lowest BCUT2D eigenvalue weighted by Crippen LogP contribution is -2.41. The molecule has 0 radical (unpaired) electrons. The van der Waals surface area contributed by atoms with Crippen LogP contribution in [0.4, 0.5) is 0 Å². The predicted octanol–water partition coefficient (Wildman–Crippen LogP) is 1.97. The van der Waals surface area contributed by atoms with Crippen LogP contribution in [0.2, 0.25) is 0 Å². The van der Waals surface area contributed by atoms with Crippen LogP contribution in [0.15, 0.2) is 5.38 Å². The Morgan fingerprint density at radius 1 is 1.48 bits per heavy atom. The lowest BCUT2D eigenvalue weighted by molar-refractivity contribution is -0.125. The summed E-state index contributed by atoms with van der Waals surface area (Å²) in [5, 5.41) is 6.01. The van der Waals surface area contributed by atoms with Crippen LogP contribution in [0.25, 0.3) is 0 Å². The number of hydrogen-bond acceptors (Lipinski definition) is 4. The zero-order valence-corrected chi connectivity index (χ0v) is 13.4. The van der Waals surface area contributed by atoms with Gasteiger partial charge in [0.15, 0.2) is 0 Å². The number of nitrogens with two attached hydrogens (primary N) is 1. The largest absolute Gasteiger partial charge is 0.369 e. The highest BCUT2D eigenvalue weighted by Gasteiger charge is 2.26. The summed E-state index contributed by atoms with van der Waals surface area (Å²) in [4.78, 5) is 27.8. The molecular formula is C15H23N3O2S. The van der Waals surface area contributed by atoms with E-state index in [1.54, 1.807) is 11.3 Å². The van der Waals surface area contributed by atoms with Crippen molar-refractivity contribution in [1.82, 2.24) is 10.3 Å². The number of hydrogen-bond donors (Lipinski definition) is 2. The van der Waals surface area contributed by atoms with E-state index in [2.05, 4.69) is 24.1 Å². The minimum Gasteiger partial charge on any atom is -0.369 e. The molecule has 116 valence electrons. The molecule has 5 nitrogen and oxygen atoms in total. The normalized spacial score (nSPS) is 22.2. The van der Waals surface area contributed by atoms with Crippen LogP contribution in [0.1, 0.15) is 56.2 Å². The fourth-order valence-electron chi connectivity index (χ4n) is 2.69. The van der Waals surface area contributed by atoms with Crippen LogP contribution in [-0.4, -0.2) is 22.8 Å². The van der Waals surface area contributed by atoms with Gasteiger partial charge in [-0.2, -0.15) is 0 Å². The van der Waals surface area contributed by atoms with Crippen LogP contribution in [0.3, 0.4) is 0 Å². The van der Waals surface area contributed by atoms with E-state index in [1.165, 1.54) is 0 Å². The van der Waals surface area contributed by atoms with E-state index in [-0.39, 0.29) is 23.8 Å². The van der Waals surface area contributed by atoms with E-state index in [0.717, 1.165) is 30.0 Å². The van der Waals surface area contributed by atoms with Gasteiger partial charge in [-0.1, -0.05) is 20.3 Å². The van der Waals surface area contributed by atoms with Gasteiger partial charge in [0.05, 0.1) is 17.1 Å². The molecule has 0 aromatic carbocycles. The highest BCUT2D eigenvalue weighted by Crippen LogP contribution is 2.24. The molecular weight excluding hydrogens is 286 g/mol. The third-order valence-corrected chi connectivity index (χ3v) is 5.04. The average Bonchev–Trinajstić information content (AvgIpc) is 2.87. The first kappa shape index (κ1) is 15.9. The van der Waals surface area contributed by atoms with Gasteiger partial charge in [0.25, 0.3) is 0 Å². The Hall–Kier alpha value is -1.43. The number of primary amides is 1. The lowest BCUT2D eigenvalue weighted by Gasteiger charge is -2.27. The van der Waals surface area contributed by atoms with Gasteiger partial charge >= 0.3 is 0 Å². The van der Waals surface area contributed by atoms with Crippen molar-refractivity contribution in [3.63, 3.8) is 0 Å². The van der Waals surface area contributed by atoms with Crippen molar-refractivity contribution in [1.29, 1.82) is 0 Å². The number of carbonyl (C=O) groups excluding carboxylic acids is 2. The average molecular weight is 309 g/mol.